The van der Waals surface area contributed by atoms with Gasteiger partial charge in [0.15, 0.2) is 0 Å². The van der Waals surface area contributed by atoms with Crippen molar-refractivity contribution in [2.75, 3.05) is 7.05 Å². The van der Waals surface area contributed by atoms with Crippen molar-refractivity contribution in [3.63, 3.8) is 0 Å². The molecule has 1 atom stereocenters. The Morgan fingerprint density at radius 1 is 1.64 bits per heavy atom. The van der Waals surface area contributed by atoms with Crippen LogP contribution in [0.3, 0.4) is 0 Å². The summed E-state index contributed by atoms with van der Waals surface area (Å²) in [7, 11) is 1.59. The van der Waals surface area contributed by atoms with Gasteiger partial charge in [0.1, 0.15) is 6.04 Å². The topological polar surface area (TPSA) is 82.2 Å². The third-order valence-corrected chi connectivity index (χ3v) is 1.93. The van der Waals surface area contributed by atoms with Gasteiger partial charge < -0.3 is 15.4 Å². The summed E-state index contributed by atoms with van der Waals surface area (Å²) in [4.78, 5) is 23.9. The fraction of sp³-hybridized carbons (Fsp3) is 0.333. The van der Waals surface area contributed by atoms with Gasteiger partial charge in [-0.05, 0) is 19.0 Å². The first-order valence-electron chi connectivity index (χ1n) is 4.21. The van der Waals surface area contributed by atoms with E-state index in [2.05, 4.69) is 10.3 Å². The van der Waals surface area contributed by atoms with Crippen LogP contribution in [0.4, 0.5) is 0 Å². The van der Waals surface area contributed by atoms with Crippen molar-refractivity contribution in [3.8, 4) is 0 Å². The number of likely N-dealkylation sites (N-methyl/N-ethyl adjacent to an activating group) is 1. The molecule has 5 nitrogen and oxygen atoms in total. The number of hydrogen-bond donors (Lipinski definition) is 3. The van der Waals surface area contributed by atoms with Crippen LogP contribution in [0, 0.1) is 0 Å². The first-order chi connectivity index (χ1) is 6.63. The lowest BCUT2D eigenvalue weighted by atomic mass is 10.1. The molecule has 76 valence electrons. The molecule has 0 saturated heterocycles. The number of carboxylic acids is 1. The first kappa shape index (κ1) is 10.5. The maximum Gasteiger partial charge on any atom is 0.321 e. The molecule has 0 aliphatic rings. The predicted molar refractivity (Wildman–Crippen MR) is 51.3 cm³/mol. The summed E-state index contributed by atoms with van der Waals surface area (Å²) in [6.45, 7) is 0. The van der Waals surface area contributed by atoms with Gasteiger partial charge in [0.2, 0.25) is 5.56 Å². The molecule has 0 unspecified atom stereocenters. The third-order valence-electron chi connectivity index (χ3n) is 1.93. The van der Waals surface area contributed by atoms with Crippen molar-refractivity contribution in [1.29, 1.82) is 0 Å². The predicted octanol–water partition coefficient (Wildman–Crippen LogP) is -0.410. The number of aliphatic carboxylic acids is 1. The zero-order valence-corrected chi connectivity index (χ0v) is 7.78. The van der Waals surface area contributed by atoms with Crippen LogP contribution in [0.15, 0.2) is 23.1 Å². The largest absolute Gasteiger partial charge is 0.480 e. The number of carboxylic acid groups (broad SMARTS) is 1. The second kappa shape index (κ2) is 4.57. The first-order valence-corrected chi connectivity index (χ1v) is 4.21. The Morgan fingerprint density at radius 2 is 2.36 bits per heavy atom. The average Bonchev–Trinajstić information content (AvgIpc) is 2.16. The van der Waals surface area contributed by atoms with Crippen LogP contribution in [0.2, 0.25) is 0 Å². The SMILES string of the molecule is CN[C@@H](Cc1ccc(=O)[nH]c1)C(=O)O. The number of H-pyrrole nitrogens is 1. The summed E-state index contributed by atoms with van der Waals surface area (Å²) in [5, 5.41) is 11.4. The number of rotatable bonds is 4. The fourth-order valence-electron chi connectivity index (χ4n) is 1.12. The van der Waals surface area contributed by atoms with E-state index in [-0.39, 0.29) is 5.56 Å². The van der Waals surface area contributed by atoms with Crippen molar-refractivity contribution < 1.29 is 9.90 Å². The van der Waals surface area contributed by atoms with Gasteiger partial charge in [-0.3, -0.25) is 9.59 Å². The molecule has 0 amide bonds. The highest BCUT2D eigenvalue weighted by Crippen LogP contribution is 1.99. The van der Waals surface area contributed by atoms with E-state index < -0.39 is 12.0 Å². The number of aromatic nitrogens is 1. The molecule has 0 fully saturated rings. The summed E-state index contributed by atoms with van der Waals surface area (Å²) < 4.78 is 0. The lowest BCUT2D eigenvalue weighted by Gasteiger charge is -2.10. The summed E-state index contributed by atoms with van der Waals surface area (Å²) >= 11 is 0. The van der Waals surface area contributed by atoms with E-state index >= 15 is 0 Å². The van der Waals surface area contributed by atoms with Gasteiger partial charge >= 0.3 is 5.97 Å². The van der Waals surface area contributed by atoms with Gasteiger partial charge in [0.05, 0.1) is 0 Å². The minimum absolute atomic E-state index is 0.190. The van der Waals surface area contributed by atoms with Crippen LogP contribution < -0.4 is 10.9 Å². The van der Waals surface area contributed by atoms with E-state index in [0.29, 0.717) is 6.42 Å². The Kier molecular flexibility index (Phi) is 3.41. The zero-order valence-electron chi connectivity index (χ0n) is 7.78. The second-order valence-corrected chi connectivity index (χ2v) is 2.94. The summed E-state index contributed by atoms with van der Waals surface area (Å²) in [5.74, 6) is -0.904. The quantitative estimate of drug-likeness (QED) is 0.611. The Morgan fingerprint density at radius 3 is 2.79 bits per heavy atom. The number of aromatic amines is 1. The van der Waals surface area contributed by atoms with Crippen molar-refractivity contribution in [1.82, 2.24) is 10.3 Å². The highest BCUT2D eigenvalue weighted by atomic mass is 16.4. The van der Waals surface area contributed by atoms with Gasteiger partial charge in [0, 0.05) is 12.3 Å². The summed E-state index contributed by atoms with van der Waals surface area (Å²) in [5.41, 5.74) is 0.594. The van der Waals surface area contributed by atoms with Crippen LogP contribution >= 0.6 is 0 Å². The van der Waals surface area contributed by atoms with Crippen LogP contribution in [-0.2, 0) is 11.2 Å². The standard InChI is InChI=1S/C9H12N2O3/c1-10-7(9(13)14)4-6-2-3-8(12)11-5-6/h2-3,5,7,10H,4H2,1H3,(H,11,12)(H,13,14)/t7-/m0/s1. The molecule has 14 heavy (non-hydrogen) atoms. The van der Waals surface area contributed by atoms with Crippen LogP contribution in [-0.4, -0.2) is 29.1 Å². The maximum atomic E-state index is 10.7. The minimum Gasteiger partial charge on any atom is -0.480 e. The van der Waals surface area contributed by atoms with E-state index in [1.54, 1.807) is 13.1 Å². The average molecular weight is 196 g/mol. The Labute approximate surface area is 80.8 Å². The van der Waals surface area contributed by atoms with E-state index in [1.807, 2.05) is 0 Å². The molecule has 3 N–H and O–H groups in total. The molecule has 5 heteroatoms. The van der Waals surface area contributed by atoms with Crippen molar-refractivity contribution in [2.45, 2.75) is 12.5 Å². The molecule has 1 heterocycles. The van der Waals surface area contributed by atoms with Gasteiger partial charge in [-0.2, -0.15) is 0 Å². The number of carbonyl (C=O) groups is 1. The highest BCUT2D eigenvalue weighted by Gasteiger charge is 2.14. The van der Waals surface area contributed by atoms with Crippen LogP contribution in [0.5, 0.6) is 0 Å². The maximum absolute atomic E-state index is 10.7. The molecule has 0 bridgehead atoms. The lowest BCUT2D eigenvalue weighted by Crippen LogP contribution is -2.35. The smallest absolute Gasteiger partial charge is 0.321 e. The third kappa shape index (κ3) is 2.70. The van der Waals surface area contributed by atoms with Crippen molar-refractivity contribution in [2.24, 2.45) is 0 Å². The monoisotopic (exact) mass is 196 g/mol. The molecular weight excluding hydrogens is 184 g/mol. The highest BCUT2D eigenvalue weighted by molar-refractivity contribution is 5.73. The Hall–Kier alpha value is -1.62. The summed E-state index contributed by atoms with van der Waals surface area (Å²) in [6.07, 6.45) is 1.87. The van der Waals surface area contributed by atoms with E-state index in [9.17, 15) is 9.59 Å². The lowest BCUT2D eigenvalue weighted by molar-refractivity contribution is -0.139. The Bertz CT molecular complexity index is 352. The normalized spacial score (nSPS) is 12.4. The molecule has 1 aromatic heterocycles. The van der Waals surface area contributed by atoms with E-state index in [0.717, 1.165) is 5.56 Å². The number of nitrogens with one attached hydrogen (secondary N) is 2. The van der Waals surface area contributed by atoms with Gasteiger partial charge in [-0.1, -0.05) is 6.07 Å². The van der Waals surface area contributed by atoms with Gasteiger partial charge in [-0.25, -0.2) is 0 Å². The van der Waals surface area contributed by atoms with E-state index in [1.165, 1.54) is 12.3 Å². The number of hydrogen-bond acceptors (Lipinski definition) is 3. The van der Waals surface area contributed by atoms with Gasteiger partial charge in [0.25, 0.3) is 0 Å². The van der Waals surface area contributed by atoms with E-state index in [4.69, 9.17) is 5.11 Å². The van der Waals surface area contributed by atoms with Crippen LogP contribution in [0.25, 0.3) is 0 Å². The molecule has 0 spiro atoms. The summed E-state index contributed by atoms with van der Waals surface area (Å²) in [6, 6.07) is 2.37. The molecule has 0 aromatic carbocycles. The molecule has 0 aliphatic carbocycles. The Balaban J connectivity index is 2.72. The second-order valence-electron chi connectivity index (χ2n) is 2.94. The molecule has 0 aliphatic heterocycles. The minimum atomic E-state index is -0.904. The van der Waals surface area contributed by atoms with Crippen molar-refractivity contribution in [3.05, 3.63) is 34.2 Å². The zero-order chi connectivity index (χ0) is 10.6. The van der Waals surface area contributed by atoms with Crippen molar-refractivity contribution >= 4 is 5.97 Å². The number of pyridine rings is 1. The molecular formula is C9H12N2O3. The fourth-order valence-corrected chi connectivity index (χ4v) is 1.12. The van der Waals surface area contributed by atoms with Crippen LogP contribution in [0.1, 0.15) is 5.56 Å². The molecule has 0 radical (unpaired) electrons. The van der Waals surface area contributed by atoms with Gasteiger partial charge in [-0.15, -0.1) is 0 Å². The molecule has 1 rings (SSSR count). The molecule has 0 saturated carbocycles. The molecule has 1 aromatic rings.